The Bertz CT molecular complexity index is 304. The van der Waals surface area contributed by atoms with E-state index in [4.69, 9.17) is 10.2 Å². The van der Waals surface area contributed by atoms with Crippen LogP contribution in [0.4, 0.5) is 4.79 Å². The van der Waals surface area contributed by atoms with E-state index in [2.05, 4.69) is 10.6 Å². The van der Waals surface area contributed by atoms with Gasteiger partial charge in [0.2, 0.25) is 0 Å². The summed E-state index contributed by atoms with van der Waals surface area (Å²) in [7, 11) is 0. The highest BCUT2D eigenvalue weighted by molar-refractivity contribution is 5.82. The smallest absolute Gasteiger partial charge is 0.326 e. The zero-order valence-electron chi connectivity index (χ0n) is 10.6. The van der Waals surface area contributed by atoms with E-state index in [0.29, 0.717) is 12.8 Å². The van der Waals surface area contributed by atoms with Gasteiger partial charge in [0.05, 0.1) is 0 Å². The van der Waals surface area contributed by atoms with Crippen LogP contribution in [-0.2, 0) is 9.59 Å². The van der Waals surface area contributed by atoms with Gasteiger partial charge in [-0.2, -0.15) is 0 Å². The summed E-state index contributed by atoms with van der Waals surface area (Å²) in [5, 5.41) is 22.0. The van der Waals surface area contributed by atoms with Crippen LogP contribution in [0.1, 0.15) is 33.1 Å². The van der Waals surface area contributed by atoms with Crippen molar-refractivity contribution in [3.05, 3.63) is 0 Å². The number of rotatable bonds is 8. The maximum atomic E-state index is 11.4. The van der Waals surface area contributed by atoms with Crippen molar-refractivity contribution >= 4 is 18.0 Å². The van der Waals surface area contributed by atoms with E-state index in [0.717, 1.165) is 0 Å². The van der Waals surface area contributed by atoms with Crippen molar-refractivity contribution in [2.24, 2.45) is 5.92 Å². The summed E-state index contributed by atoms with van der Waals surface area (Å²) in [6, 6.07) is -1.52. The molecule has 1 atom stereocenters. The Morgan fingerprint density at radius 1 is 1.17 bits per heavy atom. The lowest BCUT2D eigenvalue weighted by molar-refractivity contribution is -0.139. The van der Waals surface area contributed by atoms with Crippen molar-refractivity contribution < 1.29 is 24.6 Å². The molecule has 0 aliphatic carbocycles. The van der Waals surface area contributed by atoms with Gasteiger partial charge in [-0.05, 0) is 18.8 Å². The maximum absolute atomic E-state index is 11.4. The molecular formula is C11H20N2O5. The summed E-state index contributed by atoms with van der Waals surface area (Å²) in [5.41, 5.74) is 0. The van der Waals surface area contributed by atoms with E-state index in [1.807, 2.05) is 13.8 Å². The predicted molar refractivity (Wildman–Crippen MR) is 64.3 cm³/mol. The quantitative estimate of drug-likeness (QED) is 0.478. The molecule has 0 spiro atoms. The molecule has 0 fully saturated rings. The van der Waals surface area contributed by atoms with E-state index < -0.39 is 24.0 Å². The molecule has 0 bridgehead atoms. The molecule has 7 heteroatoms. The Labute approximate surface area is 106 Å². The lowest BCUT2D eigenvalue weighted by atomic mass is 10.0. The molecule has 2 amide bonds. The van der Waals surface area contributed by atoms with E-state index in [1.165, 1.54) is 0 Å². The molecule has 0 aliphatic heterocycles. The van der Waals surface area contributed by atoms with Crippen molar-refractivity contribution in [3.8, 4) is 0 Å². The zero-order valence-corrected chi connectivity index (χ0v) is 10.6. The average Bonchev–Trinajstić information content (AvgIpc) is 2.22. The lowest BCUT2D eigenvalue weighted by Crippen LogP contribution is -2.46. The molecule has 7 nitrogen and oxygen atoms in total. The normalized spacial score (nSPS) is 11.9. The molecule has 0 saturated carbocycles. The number of amides is 2. The summed E-state index contributed by atoms with van der Waals surface area (Å²) in [6.45, 7) is 3.93. The van der Waals surface area contributed by atoms with Crippen LogP contribution >= 0.6 is 0 Å². The summed E-state index contributed by atoms with van der Waals surface area (Å²) >= 11 is 0. The Morgan fingerprint density at radius 2 is 1.78 bits per heavy atom. The van der Waals surface area contributed by atoms with Crippen LogP contribution in [0.15, 0.2) is 0 Å². The Morgan fingerprint density at radius 3 is 2.22 bits per heavy atom. The Balaban J connectivity index is 3.95. The second kappa shape index (κ2) is 8.32. The van der Waals surface area contributed by atoms with Gasteiger partial charge in [0.25, 0.3) is 0 Å². The topological polar surface area (TPSA) is 116 Å². The number of carboxylic acids is 2. The van der Waals surface area contributed by atoms with Crippen molar-refractivity contribution in [3.63, 3.8) is 0 Å². The van der Waals surface area contributed by atoms with Gasteiger partial charge in [0.15, 0.2) is 0 Å². The number of urea groups is 1. The fourth-order valence-electron chi connectivity index (χ4n) is 1.34. The minimum absolute atomic E-state index is 0.0331. The lowest BCUT2D eigenvalue weighted by Gasteiger charge is -2.16. The standard InChI is InChI=1S/C11H20N2O5/c1-7(2)6-8(10(16)17)13-11(18)12-5-3-4-9(14)15/h7-8H,3-6H2,1-2H3,(H,14,15)(H,16,17)(H2,12,13,18)/t8-/m0/s1. The van der Waals surface area contributed by atoms with Crippen LogP contribution in [0.3, 0.4) is 0 Å². The first-order valence-corrected chi connectivity index (χ1v) is 5.82. The number of carbonyl (C=O) groups is 3. The van der Waals surface area contributed by atoms with Crippen LogP contribution in [-0.4, -0.2) is 40.8 Å². The first kappa shape index (κ1) is 16.2. The van der Waals surface area contributed by atoms with E-state index in [-0.39, 0.29) is 18.9 Å². The van der Waals surface area contributed by atoms with Crippen LogP contribution < -0.4 is 10.6 Å². The van der Waals surface area contributed by atoms with Gasteiger partial charge < -0.3 is 20.8 Å². The van der Waals surface area contributed by atoms with Gasteiger partial charge in [-0.3, -0.25) is 4.79 Å². The molecule has 0 unspecified atom stereocenters. The first-order chi connectivity index (χ1) is 8.32. The van der Waals surface area contributed by atoms with Crippen LogP contribution in [0, 0.1) is 5.92 Å². The minimum Gasteiger partial charge on any atom is -0.481 e. The van der Waals surface area contributed by atoms with Gasteiger partial charge in [-0.1, -0.05) is 13.8 Å². The molecule has 0 saturated heterocycles. The maximum Gasteiger partial charge on any atom is 0.326 e. The molecule has 0 aromatic heterocycles. The van der Waals surface area contributed by atoms with E-state index in [1.54, 1.807) is 0 Å². The molecule has 0 aromatic carbocycles. The van der Waals surface area contributed by atoms with E-state index in [9.17, 15) is 14.4 Å². The molecule has 4 N–H and O–H groups in total. The molecule has 0 aromatic rings. The predicted octanol–water partition coefficient (Wildman–Crippen LogP) is 0.650. The first-order valence-electron chi connectivity index (χ1n) is 5.82. The number of hydrogen-bond donors (Lipinski definition) is 4. The van der Waals surface area contributed by atoms with Gasteiger partial charge in [-0.25, -0.2) is 9.59 Å². The van der Waals surface area contributed by atoms with Crippen LogP contribution in [0.2, 0.25) is 0 Å². The third-order valence-electron chi connectivity index (χ3n) is 2.16. The fourth-order valence-corrected chi connectivity index (χ4v) is 1.34. The van der Waals surface area contributed by atoms with Crippen molar-refractivity contribution in [2.45, 2.75) is 39.2 Å². The monoisotopic (exact) mass is 260 g/mol. The van der Waals surface area contributed by atoms with E-state index >= 15 is 0 Å². The highest BCUT2D eigenvalue weighted by Crippen LogP contribution is 2.04. The van der Waals surface area contributed by atoms with Crippen LogP contribution in [0.25, 0.3) is 0 Å². The second-order valence-corrected chi connectivity index (χ2v) is 4.42. The van der Waals surface area contributed by atoms with Crippen molar-refractivity contribution in [1.82, 2.24) is 10.6 Å². The molecule has 0 rings (SSSR count). The molecule has 18 heavy (non-hydrogen) atoms. The molecule has 104 valence electrons. The summed E-state index contributed by atoms with van der Waals surface area (Å²) in [5.74, 6) is -1.86. The van der Waals surface area contributed by atoms with Gasteiger partial charge in [-0.15, -0.1) is 0 Å². The highest BCUT2D eigenvalue weighted by atomic mass is 16.4. The van der Waals surface area contributed by atoms with Crippen LogP contribution in [0.5, 0.6) is 0 Å². The third kappa shape index (κ3) is 8.37. The van der Waals surface area contributed by atoms with Crippen molar-refractivity contribution in [2.75, 3.05) is 6.54 Å². The Hall–Kier alpha value is -1.79. The average molecular weight is 260 g/mol. The zero-order chi connectivity index (χ0) is 14.1. The number of hydrogen-bond acceptors (Lipinski definition) is 3. The third-order valence-corrected chi connectivity index (χ3v) is 2.16. The molecule has 0 radical (unpaired) electrons. The largest absolute Gasteiger partial charge is 0.481 e. The number of carbonyl (C=O) groups excluding carboxylic acids is 1. The number of carboxylic acid groups (broad SMARTS) is 2. The summed E-state index contributed by atoms with van der Waals surface area (Å²) < 4.78 is 0. The van der Waals surface area contributed by atoms with Gasteiger partial charge in [0.1, 0.15) is 6.04 Å². The fraction of sp³-hybridized carbons (Fsp3) is 0.727. The summed E-state index contributed by atoms with van der Waals surface area (Å²) in [6.07, 6.45) is 0.622. The van der Waals surface area contributed by atoms with Gasteiger partial charge >= 0.3 is 18.0 Å². The SMILES string of the molecule is CC(C)C[C@H](NC(=O)NCCCC(=O)O)C(=O)O. The number of aliphatic carboxylic acids is 2. The molecule has 0 aliphatic rings. The molecular weight excluding hydrogens is 240 g/mol. The van der Waals surface area contributed by atoms with Gasteiger partial charge in [0, 0.05) is 13.0 Å². The number of nitrogens with one attached hydrogen (secondary N) is 2. The highest BCUT2D eigenvalue weighted by Gasteiger charge is 2.20. The summed E-state index contributed by atoms with van der Waals surface area (Å²) in [4.78, 5) is 32.4. The second-order valence-electron chi connectivity index (χ2n) is 4.42. The van der Waals surface area contributed by atoms with Crippen molar-refractivity contribution in [1.29, 1.82) is 0 Å². The minimum atomic E-state index is -1.08. The Kier molecular flexibility index (Phi) is 7.50. The molecule has 0 heterocycles.